The summed E-state index contributed by atoms with van der Waals surface area (Å²) in [6.07, 6.45) is 7.75. The van der Waals surface area contributed by atoms with Crippen molar-refractivity contribution >= 4 is 12.0 Å². The standard InChI is InChI=1S/C21H24N2O3/c1-2-3-4-5-12-25-19-10-8-17(9-11-19)14-18(15-22)21(24)23-16-20-7-6-13-26-20/h6-11,13-14H,2-5,12,16H2,1H3,(H,23,24)/b18-14-. The second kappa shape index (κ2) is 10.8. The fourth-order valence-corrected chi connectivity index (χ4v) is 2.37. The van der Waals surface area contributed by atoms with Crippen LogP contribution in [-0.2, 0) is 11.3 Å². The second-order valence-corrected chi connectivity index (χ2v) is 5.91. The van der Waals surface area contributed by atoms with Gasteiger partial charge in [0.2, 0.25) is 0 Å². The van der Waals surface area contributed by atoms with Gasteiger partial charge in [-0.25, -0.2) is 0 Å². The summed E-state index contributed by atoms with van der Waals surface area (Å²) in [5.41, 5.74) is 0.817. The lowest BCUT2D eigenvalue weighted by atomic mass is 10.1. The van der Waals surface area contributed by atoms with E-state index in [9.17, 15) is 10.1 Å². The fourth-order valence-electron chi connectivity index (χ4n) is 2.37. The van der Waals surface area contributed by atoms with E-state index in [0.29, 0.717) is 12.4 Å². The molecule has 2 rings (SSSR count). The zero-order chi connectivity index (χ0) is 18.6. The molecule has 0 radical (unpaired) electrons. The molecule has 0 aliphatic heterocycles. The molecule has 5 nitrogen and oxygen atoms in total. The Bertz CT molecular complexity index is 741. The van der Waals surface area contributed by atoms with Crippen LogP contribution in [0.4, 0.5) is 0 Å². The molecule has 26 heavy (non-hydrogen) atoms. The third-order valence-electron chi connectivity index (χ3n) is 3.83. The Labute approximate surface area is 154 Å². The number of carbonyl (C=O) groups excluding carboxylic acids is 1. The van der Waals surface area contributed by atoms with Gasteiger partial charge in [0.15, 0.2) is 0 Å². The fraction of sp³-hybridized carbons (Fsp3) is 0.333. The normalized spacial score (nSPS) is 11.0. The van der Waals surface area contributed by atoms with E-state index in [1.165, 1.54) is 25.5 Å². The minimum absolute atomic E-state index is 0.0461. The van der Waals surface area contributed by atoms with Crippen molar-refractivity contribution in [3.8, 4) is 11.8 Å². The van der Waals surface area contributed by atoms with Crippen molar-refractivity contribution in [1.82, 2.24) is 5.32 Å². The zero-order valence-electron chi connectivity index (χ0n) is 15.0. The summed E-state index contributed by atoms with van der Waals surface area (Å²) < 4.78 is 10.8. The molecule has 5 heteroatoms. The third-order valence-corrected chi connectivity index (χ3v) is 3.83. The van der Waals surface area contributed by atoms with Crippen LogP contribution >= 0.6 is 0 Å². The summed E-state index contributed by atoms with van der Waals surface area (Å²) >= 11 is 0. The molecular weight excluding hydrogens is 328 g/mol. The molecule has 0 saturated heterocycles. The number of unbranched alkanes of at least 4 members (excludes halogenated alkanes) is 3. The molecule has 0 spiro atoms. The van der Waals surface area contributed by atoms with Gasteiger partial charge in [-0.1, -0.05) is 38.3 Å². The molecule has 0 unspecified atom stereocenters. The smallest absolute Gasteiger partial charge is 0.262 e. The first kappa shape index (κ1) is 19.3. The maximum Gasteiger partial charge on any atom is 0.262 e. The van der Waals surface area contributed by atoms with Gasteiger partial charge in [0.25, 0.3) is 5.91 Å². The van der Waals surface area contributed by atoms with Crippen molar-refractivity contribution in [2.45, 2.75) is 39.2 Å². The van der Waals surface area contributed by atoms with Crippen molar-refractivity contribution < 1.29 is 13.9 Å². The van der Waals surface area contributed by atoms with Gasteiger partial charge in [0.1, 0.15) is 23.2 Å². The Kier molecular flexibility index (Phi) is 8.01. The second-order valence-electron chi connectivity index (χ2n) is 5.91. The number of carbonyl (C=O) groups is 1. The van der Waals surface area contributed by atoms with Crippen molar-refractivity contribution in [2.75, 3.05) is 6.61 Å². The lowest BCUT2D eigenvalue weighted by Gasteiger charge is -2.06. The van der Waals surface area contributed by atoms with Crippen molar-refractivity contribution in [3.63, 3.8) is 0 Å². The van der Waals surface area contributed by atoms with E-state index < -0.39 is 5.91 Å². The van der Waals surface area contributed by atoms with E-state index in [1.54, 1.807) is 18.2 Å². The Hall–Kier alpha value is -3.00. The van der Waals surface area contributed by atoms with E-state index in [0.717, 1.165) is 17.7 Å². The number of hydrogen-bond acceptors (Lipinski definition) is 4. The number of hydrogen-bond donors (Lipinski definition) is 1. The largest absolute Gasteiger partial charge is 0.494 e. The Morgan fingerprint density at radius 3 is 2.69 bits per heavy atom. The number of rotatable bonds is 10. The minimum Gasteiger partial charge on any atom is -0.494 e. The first-order valence-corrected chi connectivity index (χ1v) is 8.88. The van der Waals surface area contributed by atoms with Gasteiger partial charge in [0.05, 0.1) is 19.4 Å². The lowest BCUT2D eigenvalue weighted by molar-refractivity contribution is -0.117. The molecule has 0 atom stereocenters. The molecule has 136 valence electrons. The average Bonchev–Trinajstić information content (AvgIpc) is 3.18. The molecule has 1 amide bonds. The molecule has 0 aliphatic rings. The predicted octanol–water partition coefficient (Wildman–Crippen LogP) is 4.46. The number of nitrogens with one attached hydrogen (secondary N) is 1. The van der Waals surface area contributed by atoms with E-state index in [4.69, 9.17) is 9.15 Å². The van der Waals surface area contributed by atoms with Gasteiger partial charge in [-0.3, -0.25) is 4.79 Å². The average molecular weight is 352 g/mol. The Morgan fingerprint density at radius 2 is 2.04 bits per heavy atom. The summed E-state index contributed by atoms with van der Waals surface area (Å²) in [5.74, 6) is 0.996. The molecule has 1 aromatic heterocycles. The number of ether oxygens (including phenoxy) is 1. The molecule has 2 aromatic rings. The Balaban J connectivity index is 1.87. The van der Waals surface area contributed by atoms with Crippen LogP contribution in [0, 0.1) is 11.3 Å². The summed E-state index contributed by atoms with van der Waals surface area (Å²) in [5, 5.41) is 11.9. The van der Waals surface area contributed by atoms with Crippen LogP contribution in [0.1, 0.15) is 43.9 Å². The summed E-state index contributed by atoms with van der Waals surface area (Å²) in [6, 6.07) is 12.8. The number of amides is 1. The van der Waals surface area contributed by atoms with E-state index in [2.05, 4.69) is 12.2 Å². The number of benzene rings is 1. The first-order chi connectivity index (χ1) is 12.7. The van der Waals surface area contributed by atoms with Crippen molar-refractivity contribution in [2.24, 2.45) is 0 Å². The SMILES string of the molecule is CCCCCCOc1ccc(/C=C(/C#N)C(=O)NCc2ccco2)cc1. The zero-order valence-corrected chi connectivity index (χ0v) is 15.0. The van der Waals surface area contributed by atoms with Crippen LogP contribution in [0.2, 0.25) is 0 Å². The van der Waals surface area contributed by atoms with Gasteiger partial charge in [0, 0.05) is 0 Å². The molecule has 0 aliphatic carbocycles. The molecule has 0 saturated carbocycles. The van der Waals surface area contributed by atoms with E-state index in [-0.39, 0.29) is 12.1 Å². The number of nitrogens with zero attached hydrogens (tertiary/aromatic N) is 1. The van der Waals surface area contributed by atoms with Gasteiger partial charge in [-0.15, -0.1) is 0 Å². The van der Waals surface area contributed by atoms with E-state index in [1.807, 2.05) is 30.3 Å². The summed E-state index contributed by atoms with van der Waals surface area (Å²) in [7, 11) is 0. The van der Waals surface area contributed by atoms with Gasteiger partial charge in [-0.05, 0) is 42.3 Å². The predicted molar refractivity (Wildman–Crippen MR) is 100 cm³/mol. The van der Waals surface area contributed by atoms with Crippen molar-refractivity contribution in [1.29, 1.82) is 5.26 Å². The van der Waals surface area contributed by atoms with E-state index >= 15 is 0 Å². The quantitative estimate of drug-likeness (QED) is 0.389. The molecule has 1 N–H and O–H groups in total. The van der Waals surface area contributed by atoms with Crippen LogP contribution in [-0.4, -0.2) is 12.5 Å². The maximum absolute atomic E-state index is 12.1. The third kappa shape index (κ3) is 6.48. The lowest BCUT2D eigenvalue weighted by Crippen LogP contribution is -2.23. The van der Waals surface area contributed by atoms with Crippen LogP contribution in [0.3, 0.4) is 0 Å². The minimum atomic E-state index is -0.430. The van der Waals surface area contributed by atoms with Gasteiger partial charge < -0.3 is 14.5 Å². The molecular formula is C21H24N2O3. The highest BCUT2D eigenvalue weighted by Gasteiger charge is 2.09. The highest BCUT2D eigenvalue weighted by molar-refractivity contribution is 6.01. The molecule has 1 heterocycles. The summed E-state index contributed by atoms with van der Waals surface area (Å²) in [6.45, 7) is 3.13. The highest BCUT2D eigenvalue weighted by Crippen LogP contribution is 2.15. The molecule has 1 aromatic carbocycles. The van der Waals surface area contributed by atoms with Crippen LogP contribution in [0.25, 0.3) is 6.08 Å². The first-order valence-electron chi connectivity index (χ1n) is 8.88. The van der Waals surface area contributed by atoms with Crippen molar-refractivity contribution in [3.05, 3.63) is 59.6 Å². The monoisotopic (exact) mass is 352 g/mol. The topological polar surface area (TPSA) is 75.3 Å². The van der Waals surface area contributed by atoms with Gasteiger partial charge in [-0.2, -0.15) is 5.26 Å². The Morgan fingerprint density at radius 1 is 1.23 bits per heavy atom. The molecule has 0 fully saturated rings. The number of nitriles is 1. The summed E-state index contributed by atoms with van der Waals surface area (Å²) in [4.78, 5) is 12.1. The van der Waals surface area contributed by atoms with Crippen LogP contribution in [0.5, 0.6) is 5.75 Å². The van der Waals surface area contributed by atoms with Crippen LogP contribution in [0.15, 0.2) is 52.7 Å². The van der Waals surface area contributed by atoms with Gasteiger partial charge >= 0.3 is 0 Å². The number of furan rings is 1. The maximum atomic E-state index is 12.1. The highest BCUT2D eigenvalue weighted by atomic mass is 16.5. The van der Waals surface area contributed by atoms with Crippen LogP contribution < -0.4 is 10.1 Å². The molecule has 0 bridgehead atoms.